The van der Waals surface area contributed by atoms with Gasteiger partial charge in [0.15, 0.2) is 0 Å². The Labute approximate surface area is 121 Å². The molecular formula is C14H16N2O3S. The molecule has 0 radical (unpaired) electrons. The lowest BCUT2D eigenvalue weighted by Gasteiger charge is -2.46. The molecule has 1 aromatic carbocycles. The molecule has 2 aliphatic heterocycles. The molecule has 0 spiro atoms. The fraction of sp³-hybridized carbons (Fsp3) is 0.429. The molecule has 0 atom stereocenters. The fourth-order valence-electron chi connectivity index (χ4n) is 2.43. The standard InChI is InChI=1S/C14H16N2O3S/c1-2-14(19)7-16(8-14)13(18)9-3-4-11-10(5-9)15-12(17)6-20-11/h3-5,19H,2,6-8H2,1H3,(H,15,17). The number of aliphatic hydroxyl groups is 1. The van der Waals surface area contributed by atoms with Gasteiger partial charge in [0.25, 0.3) is 5.91 Å². The third-order valence-corrected chi connectivity index (χ3v) is 4.85. The predicted molar refractivity (Wildman–Crippen MR) is 76.9 cm³/mol. The SMILES string of the molecule is CCC1(O)CN(C(=O)c2ccc3c(c2)NC(=O)CS3)C1. The Morgan fingerprint density at radius 2 is 2.25 bits per heavy atom. The normalized spacial score (nSPS) is 19.9. The van der Waals surface area contributed by atoms with Crippen LogP contribution in [0.3, 0.4) is 0 Å². The summed E-state index contributed by atoms with van der Waals surface area (Å²) in [7, 11) is 0. The van der Waals surface area contributed by atoms with Crippen molar-refractivity contribution in [2.45, 2.75) is 23.8 Å². The van der Waals surface area contributed by atoms with Crippen LogP contribution in [-0.2, 0) is 4.79 Å². The number of fused-ring (bicyclic) bond motifs is 1. The van der Waals surface area contributed by atoms with E-state index in [4.69, 9.17) is 0 Å². The first-order valence-corrected chi connectivity index (χ1v) is 7.58. The quantitative estimate of drug-likeness (QED) is 0.863. The Morgan fingerprint density at radius 3 is 2.95 bits per heavy atom. The lowest BCUT2D eigenvalue weighted by molar-refractivity contribution is -0.113. The zero-order valence-electron chi connectivity index (χ0n) is 11.2. The van der Waals surface area contributed by atoms with Crippen molar-refractivity contribution >= 4 is 29.3 Å². The van der Waals surface area contributed by atoms with Crippen molar-refractivity contribution in [3.63, 3.8) is 0 Å². The van der Waals surface area contributed by atoms with E-state index in [9.17, 15) is 14.7 Å². The van der Waals surface area contributed by atoms with Gasteiger partial charge in [-0.2, -0.15) is 0 Å². The highest BCUT2D eigenvalue weighted by Crippen LogP contribution is 2.33. The molecule has 2 heterocycles. The maximum absolute atomic E-state index is 12.3. The molecule has 2 amide bonds. The van der Waals surface area contributed by atoms with E-state index < -0.39 is 5.60 Å². The topological polar surface area (TPSA) is 69.6 Å². The smallest absolute Gasteiger partial charge is 0.254 e. The van der Waals surface area contributed by atoms with Crippen LogP contribution in [0.4, 0.5) is 5.69 Å². The Kier molecular flexibility index (Phi) is 3.22. The van der Waals surface area contributed by atoms with Crippen molar-refractivity contribution in [3.05, 3.63) is 23.8 Å². The molecule has 5 nitrogen and oxygen atoms in total. The van der Waals surface area contributed by atoms with Crippen molar-refractivity contribution in [2.24, 2.45) is 0 Å². The summed E-state index contributed by atoms with van der Waals surface area (Å²) in [6.07, 6.45) is 0.646. The van der Waals surface area contributed by atoms with Gasteiger partial charge < -0.3 is 15.3 Å². The van der Waals surface area contributed by atoms with Crippen LogP contribution in [0.1, 0.15) is 23.7 Å². The number of carbonyl (C=O) groups excluding carboxylic acids is 2. The number of hydrogen-bond donors (Lipinski definition) is 2. The summed E-state index contributed by atoms with van der Waals surface area (Å²) in [5.41, 5.74) is 0.515. The minimum Gasteiger partial charge on any atom is -0.386 e. The second kappa shape index (κ2) is 4.79. The first-order chi connectivity index (χ1) is 9.50. The number of amides is 2. The van der Waals surface area contributed by atoms with Crippen molar-refractivity contribution in [1.82, 2.24) is 4.90 Å². The van der Waals surface area contributed by atoms with Crippen molar-refractivity contribution in [3.8, 4) is 0 Å². The van der Waals surface area contributed by atoms with E-state index in [0.29, 0.717) is 36.5 Å². The Morgan fingerprint density at radius 1 is 1.50 bits per heavy atom. The summed E-state index contributed by atoms with van der Waals surface area (Å²) in [4.78, 5) is 26.3. The van der Waals surface area contributed by atoms with Crippen molar-refractivity contribution in [1.29, 1.82) is 0 Å². The summed E-state index contributed by atoms with van der Waals surface area (Å²) in [6.45, 7) is 2.66. The molecule has 2 N–H and O–H groups in total. The van der Waals surface area contributed by atoms with E-state index in [1.54, 1.807) is 17.0 Å². The Balaban J connectivity index is 1.77. The third-order valence-electron chi connectivity index (χ3n) is 3.78. The second-order valence-electron chi connectivity index (χ2n) is 5.29. The van der Waals surface area contributed by atoms with Crippen LogP contribution in [0, 0.1) is 0 Å². The van der Waals surface area contributed by atoms with Gasteiger partial charge >= 0.3 is 0 Å². The van der Waals surface area contributed by atoms with Gasteiger partial charge in [0, 0.05) is 10.5 Å². The zero-order valence-corrected chi connectivity index (χ0v) is 12.0. The molecule has 0 aromatic heterocycles. The summed E-state index contributed by atoms with van der Waals surface area (Å²) in [6, 6.07) is 5.35. The fourth-order valence-corrected chi connectivity index (χ4v) is 3.22. The zero-order chi connectivity index (χ0) is 14.3. The second-order valence-corrected chi connectivity index (χ2v) is 6.30. The molecule has 2 aliphatic rings. The van der Waals surface area contributed by atoms with Gasteiger partial charge in [-0.25, -0.2) is 0 Å². The first-order valence-electron chi connectivity index (χ1n) is 6.59. The van der Waals surface area contributed by atoms with Crippen LogP contribution in [-0.4, -0.2) is 46.3 Å². The monoisotopic (exact) mass is 292 g/mol. The lowest BCUT2D eigenvalue weighted by atomic mass is 9.90. The average Bonchev–Trinajstić information content (AvgIpc) is 2.42. The van der Waals surface area contributed by atoms with Gasteiger partial charge in [-0.1, -0.05) is 6.92 Å². The summed E-state index contributed by atoms with van der Waals surface area (Å²) < 4.78 is 0. The third kappa shape index (κ3) is 2.29. The number of thioether (sulfide) groups is 1. The van der Waals surface area contributed by atoms with Crippen LogP contribution in [0.2, 0.25) is 0 Å². The molecule has 1 fully saturated rings. The number of nitrogens with one attached hydrogen (secondary N) is 1. The molecule has 1 aromatic rings. The number of carbonyl (C=O) groups is 2. The Hall–Kier alpha value is -1.53. The highest BCUT2D eigenvalue weighted by Gasteiger charge is 2.42. The number of hydrogen-bond acceptors (Lipinski definition) is 4. The van der Waals surface area contributed by atoms with Gasteiger partial charge in [-0.05, 0) is 24.6 Å². The summed E-state index contributed by atoms with van der Waals surface area (Å²) in [5, 5.41) is 12.7. The summed E-state index contributed by atoms with van der Waals surface area (Å²) >= 11 is 1.47. The van der Waals surface area contributed by atoms with Gasteiger partial charge in [0.05, 0.1) is 30.1 Å². The molecule has 3 rings (SSSR count). The van der Waals surface area contributed by atoms with Crippen LogP contribution in [0.5, 0.6) is 0 Å². The summed E-state index contributed by atoms with van der Waals surface area (Å²) in [5.74, 6) is 0.266. The number of nitrogens with zero attached hydrogens (tertiary/aromatic N) is 1. The van der Waals surface area contributed by atoms with Crippen molar-refractivity contribution < 1.29 is 14.7 Å². The molecule has 0 bridgehead atoms. The predicted octanol–water partition coefficient (Wildman–Crippen LogP) is 1.33. The minimum absolute atomic E-state index is 0.0450. The number of anilines is 1. The largest absolute Gasteiger partial charge is 0.386 e. The van der Waals surface area contributed by atoms with E-state index in [2.05, 4.69) is 5.32 Å². The van der Waals surface area contributed by atoms with E-state index in [-0.39, 0.29) is 11.8 Å². The van der Waals surface area contributed by atoms with Gasteiger partial charge in [-0.15, -0.1) is 11.8 Å². The van der Waals surface area contributed by atoms with Crippen LogP contribution in [0.25, 0.3) is 0 Å². The number of rotatable bonds is 2. The van der Waals surface area contributed by atoms with Gasteiger partial charge in [-0.3, -0.25) is 9.59 Å². The molecule has 20 heavy (non-hydrogen) atoms. The Bertz CT molecular complexity index is 582. The first kappa shape index (κ1) is 13.5. The van der Waals surface area contributed by atoms with Crippen LogP contribution < -0.4 is 5.32 Å². The lowest BCUT2D eigenvalue weighted by Crippen LogP contribution is -2.63. The molecule has 0 unspecified atom stereocenters. The highest BCUT2D eigenvalue weighted by molar-refractivity contribution is 8.00. The van der Waals surface area contributed by atoms with Crippen molar-refractivity contribution in [2.75, 3.05) is 24.2 Å². The molecule has 0 saturated carbocycles. The van der Waals surface area contributed by atoms with Gasteiger partial charge in [0.1, 0.15) is 0 Å². The maximum Gasteiger partial charge on any atom is 0.254 e. The number of β-amino-alcohol motifs (C(OH)–C–C–N with tert-alkyl or cyclic N) is 1. The molecule has 6 heteroatoms. The van der Waals surface area contributed by atoms with E-state index in [0.717, 1.165) is 4.90 Å². The number of benzene rings is 1. The van der Waals surface area contributed by atoms with Crippen LogP contribution in [0.15, 0.2) is 23.1 Å². The average molecular weight is 292 g/mol. The van der Waals surface area contributed by atoms with Crippen LogP contribution >= 0.6 is 11.8 Å². The molecule has 0 aliphatic carbocycles. The highest BCUT2D eigenvalue weighted by atomic mass is 32.2. The van der Waals surface area contributed by atoms with E-state index in [1.165, 1.54) is 11.8 Å². The molecular weight excluding hydrogens is 276 g/mol. The van der Waals surface area contributed by atoms with E-state index in [1.807, 2.05) is 13.0 Å². The maximum atomic E-state index is 12.3. The number of likely N-dealkylation sites (tertiary alicyclic amines) is 1. The molecule has 1 saturated heterocycles. The molecule has 106 valence electrons. The minimum atomic E-state index is -0.728. The van der Waals surface area contributed by atoms with E-state index >= 15 is 0 Å². The van der Waals surface area contributed by atoms with Gasteiger partial charge in [0.2, 0.25) is 5.91 Å².